The zero-order chi connectivity index (χ0) is 13.4. The maximum Gasteiger partial charge on any atom is 0.0406 e. The van der Waals surface area contributed by atoms with Gasteiger partial charge in [0.05, 0.1) is 0 Å². The van der Waals surface area contributed by atoms with Crippen molar-refractivity contribution >= 4 is 11.6 Å². The van der Waals surface area contributed by atoms with E-state index in [0.717, 1.165) is 22.8 Å². The molecule has 1 fully saturated rings. The van der Waals surface area contributed by atoms with Gasteiger partial charge in [0.25, 0.3) is 0 Å². The second-order valence-corrected chi connectivity index (χ2v) is 6.61. The molecule has 2 aliphatic rings. The number of fused-ring (bicyclic) bond motifs is 2. The zero-order valence-corrected chi connectivity index (χ0v) is 12.4. The van der Waals surface area contributed by atoms with Crippen LogP contribution in [0.3, 0.4) is 0 Å². The van der Waals surface area contributed by atoms with E-state index < -0.39 is 0 Å². The number of rotatable bonds is 4. The highest BCUT2D eigenvalue weighted by atomic mass is 35.5. The van der Waals surface area contributed by atoms with Gasteiger partial charge >= 0.3 is 0 Å². The number of hydrogen-bond donors (Lipinski definition) is 1. The molecule has 1 nitrogen and oxygen atoms in total. The van der Waals surface area contributed by atoms with Gasteiger partial charge in [0, 0.05) is 17.1 Å². The number of benzene rings is 1. The van der Waals surface area contributed by atoms with Gasteiger partial charge in [0.2, 0.25) is 0 Å². The Balaban J connectivity index is 1.61. The first-order chi connectivity index (χ1) is 9.13. The van der Waals surface area contributed by atoms with Crippen LogP contribution in [0.25, 0.3) is 0 Å². The molecule has 0 heterocycles. The molecule has 0 amide bonds. The van der Waals surface area contributed by atoms with E-state index in [1.54, 1.807) is 0 Å². The Kier molecular flexibility index (Phi) is 3.68. The van der Waals surface area contributed by atoms with E-state index in [9.17, 15) is 0 Å². The minimum atomic E-state index is 0.385. The van der Waals surface area contributed by atoms with E-state index in [2.05, 4.69) is 43.4 Å². The fourth-order valence-electron chi connectivity index (χ4n) is 3.76. The molecule has 1 N–H and O–H groups in total. The lowest BCUT2D eigenvalue weighted by Gasteiger charge is -2.29. The standard InChI is InChI=1S/C17H22ClN/c1-11(14-5-7-16(18)8-6-14)19-12(2)17-10-13-3-4-15(17)9-13/h3-8,11-13,15,17,19H,9-10H2,1-2H3/t11-,12?,13?,15?,17?/m1/s1. The molecule has 2 heteroatoms. The summed E-state index contributed by atoms with van der Waals surface area (Å²) in [5.74, 6) is 2.47. The van der Waals surface area contributed by atoms with Crippen LogP contribution in [-0.2, 0) is 0 Å². The first kappa shape index (κ1) is 13.2. The lowest BCUT2D eigenvalue weighted by Crippen LogP contribution is -2.37. The summed E-state index contributed by atoms with van der Waals surface area (Å²) in [5.41, 5.74) is 1.31. The highest BCUT2D eigenvalue weighted by Crippen LogP contribution is 2.45. The molecule has 102 valence electrons. The van der Waals surface area contributed by atoms with E-state index in [-0.39, 0.29) is 0 Å². The molecule has 1 aromatic rings. The molecule has 2 aliphatic carbocycles. The van der Waals surface area contributed by atoms with Crippen LogP contribution in [-0.4, -0.2) is 6.04 Å². The molecule has 19 heavy (non-hydrogen) atoms. The fraction of sp³-hybridized carbons (Fsp3) is 0.529. The molecule has 1 saturated carbocycles. The van der Waals surface area contributed by atoms with Crippen LogP contribution in [0.1, 0.15) is 38.3 Å². The number of halogens is 1. The molecule has 0 radical (unpaired) electrons. The topological polar surface area (TPSA) is 12.0 Å². The van der Waals surface area contributed by atoms with E-state index in [1.807, 2.05) is 12.1 Å². The Morgan fingerprint density at radius 2 is 1.84 bits per heavy atom. The number of nitrogens with one attached hydrogen (secondary N) is 1. The Hall–Kier alpha value is -0.790. The van der Waals surface area contributed by atoms with Crippen LogP contribution >= 0.6 is 11.6 Å². The van der Waals surface area contributed by atoms with Crippen LogP contribution in [0.4, 0.5) is 0 Å². The molecule has 4 unspecified atom stereocenters. The van der Waals surface area contributed by atoms with Crippen molar-refractivity contribution in [2.24, 2.45) is 17.8 Å². The molecule has 3 rings (SSSR count). The number of hydrogen-bond acceptors (Lipinski definition) is 1. The summed E-state index contributed by atoms with van der Waals surface area (Å²) in [6.07, 6.45) is 7.59. The van der Waals surface area contributed by atoms with Crippen LogP contribution in [0.2, 0.25) is 5.02 Å². The summed E-state index contributed by atoms with van der Waals surface area (Å²) >= 11 is 5.94. The molecule has 1 aromatic carbocycles. The van der Waals surface area contributed by atoms with Crippen molar-refractivity contribution in [3.63, 3.8) is 0 Å². The maximum atomic E-state index is 5.94. The molecule has 5 atom stereocenters. The summed E-state index contributed by atoms with van der Waals surface area (Å²) in [6.45, 7) is 4.58. The quantitative estimate of drug-likeness (QED) is 0.793. The highest BCUT2D eigenvalue weighted by Gasteiger charge is 2.38. The molecular weight excluding hydrogens is 254 g/mol. The second-order valence-electron chi connectivity index (χ2n) is 6.17. The largest absolute Gasteiger partial charge is 0.307 e. The Bertz CT molecular complexity index is 465. The van der Waals surface area contributed by atoms with Crippen molar-refractivity contribution in [2.45, 2.75) is 38.8 Å². The summed E-state index contributed by atoms with van der Waals surface area (Å²) < 4.78 is 0. The van der Waals surface area contributed by atoms with Crippen LogP contribution in [0, 0.1) is 17.8 Å². The molecule has 2 bridgehead atoms. The predicted octanol–water partition coefficient (Wildman–Crippen LogP) is 4.59. The minimum absolute atomic E-state index is 0.385. The van der Waals surface area contributed by atoms with Crippen molar-refractivity contribution in [3.8, 4) is 0 Å². The Morgan fingerprint density at radius 1 is 1.11 bits per heavy atom. The zero-order valence-electron chi connectivity index (χ0n) is 11.6. The van der Waals surface area contributed by atoms with Gasteiger partial charge in [-0.2, -0.15) is 0 Å². The summed E-state index contributed by atoms with van der Waals surface area (Å²) in [6, 6.07) is 9.14. The lowest BCUT2D eigenvalue weighted by molar-refractivity contribution is 0.307. The van der Waals surface area contributed by atoms with Crippen molar-refractivity contribution in [1.82, 2.24) is 5.32 Å². The van der Waals surface area contributed by atoms with Gasteiger partial charge in [-0.1, -0.05) is 35.9 Å². The number of allylic oxidation sites excluding steroid dienone is 2. The summed E-state index contributed by atoms with van der Waals surface area (Å²) in [4.78, 5) is 0. The van der Waals surface area contributed by atoms with Gasteiger partial charge in [-0.05, 0) is 62.1 Å². The van der Waals surface area contributed by atoms with Crippen molar-refractivity contribution in [3.05, 3.63) is 47.0 Å². The molecule has 0 aromatic heterocycles. The van der Waals surface area contributed by atoms with Crippen LogP contribution in [0.15, 0.2) is 36.4 Å². The average Bonchev–Trinajstić information content (AvgIpc) is 3.01. The third kappa shape index (κ3) is 2.73. The smallest absolute Gasteiger partial charge is 0.0406 e. The fourth-order valence-corrected chi connectivity index (χ4v) is 3.89. The van der Waals surface area contributed by atoms with Crippen LogP contribution < -0.4 is 5.32 Å². The third-order valence-electron chi connectivity index (χ3n) is 4.86. The van der Waals surface area contributed by atoms with E-state index in [0.29, 0.717) is 12.1 Å². The highest BCUT2D eigenvalue weighted by molar-refractivity contribution is 6.30. The van der Waals surface area contributed by atoms with Gasteiger partial charge < -0.3 is 5.32 Å². The van der Waals surface area contributed by atoms with E-state index >= 15 is 0 Å². The second kappa shape index (κ2) is 5.30. The predicted molar refractivity (Wildman–Crippen MR) is 81.3 cm³/mol. The molecule has 0 saturated heterocycles. The van der Waals surface area contributed by atoms with E-state index in [4.69, 9.17) is 11.6 Å². The van der Waals surface area contributed by atoms with Gasteiger partial charge in [0.15, 0.2) is 0 Å². The van der Waals surface area contributed by atoms with Crippen molar-refractivity contribution in [1.29, 1.82) is 0 Å². The molecular formula is C17H22ClN. The van der Waals surface area contributed by atoms with E-state index in [1.165, 1.54) is 18.4 Å². The first-order valence-electron chi connectivity index (χ1n) is 7.33. The van der Waals surface area contributed by atoms with Crippen molar-refractivity contribution < 1.29 is 0 Å². The minimum Gasteiger partial charge on any atom is -0.307 e. The normalized spacial score (nSPS) is 31.6. The summed E-state index contributed by atoms with van der Waals surface area (Å²) in [5, 5.41) is 4.57. The summed E-state index contributed by atoms with van der Waals surface area (Å²) in [7, 11) is 0. The first-order valence-corrected chi connectivity index (χ1v) is 7.71. The van der Waals surface area contributed by atoms with Crippen molar-refractivity contribution in [2.75, 3.05) is 0 Å². The van der Waals surface area contributed by atoms with Gasteiger partial charge in [-0.15, -0.1) is 0 Å². The SMILES string of the molecule is CC(N[C@H](C)c1ccc(Cl)cc1)C1CC2C=CC1C2. The molecule has 0 spiro atoms. The van der Waals surface area contributed by atoms with Gasteiger partial charge in [-0.25, -0.2) is 0 Å². The van der Waals surface area contributed by atoms with Crippen LogP contribution in [0.5, 0.6) is 0 Å². The lowest BCUT2D eigenvalue weighted by atomic mass is 9.87. The third-order valence-corrected chi connectivity index (χ3v) is 5.11. The average molecular weight is 276 g/mol. The maximum absolute atomic E-state index is 5.94. The Morgan fingerprint density at radius 3 is 2.42 bits per heavy atom. The Labute approximate surface area is 121 Å². The molecule has 0 aliphatic heterocycles. The van der Waals surface area contributed by atoms with Gasteiger partial charge in [0.1, 0.15) is 0 Å². The van der Waals surface area contributed by atoms with Gasteiger partial charge in [-0.3, -0.25) is 0 Å². The monoisotopic (exact) mass is 275 g/mol.